The van der Waals surface area contributed by atoms with E-state index in [4.69, 9.17) is 21.4 Å². The van der Waals surface area contributed by atoms with E-state index in [1.54, 1.807) is 0 Å². The van der Waals surface area contributed by atoms with E-state index in [2.05, 4.69) is 15.6 Å². The summed E-state index contributed by atoms with van der Waals surface area (Å²) >= 11 is 5.20. The standard InChI is InChI=1S/C24H21N3O3S/c1-16-6-2-4-8-20(16)29-15-22(28)27-24(31)25-14-17-10-12-18(13-11-17)23-26-19-7-3-5-9-21(19)30-23/h2-13H,14-15H2,1H3,(H2,25,27,28,31). The quantitative estimate of drug-likeness (QED) is 0.442. The van der Waals surface area contributed by atoms with Crippen LogP contribution in [0.5, 0.6) is 5.75 Å². The molecule has 0 spiro atoms. The lowest BCUT2D eigenvalue weighted by atomic mass is 10.1. The Kier molecular flexibility index (Phi) is 6.24. The first kappa shape index (κ1) is 20.6. The predicted molar refractivity (Wildman–Crippen MR) is 124 cm³/mol. The molecule has 7 heteroatoms. The van der Waals surface area contributed by atoms with Gasteiger partial charge in [-0.3, -0.25) is 4.79 Å². The Morgan fingerprint density at radius 2 is 1.77 bits per heavy atom. The van der Waals surface area contributed by atoms with Gasteiger partial charge in [-0.25, -0.2) is 4.98 Å². The number of rotatable bonds is 6. The zero-order valence-electron chi connectivity index (χ0n) is 16.9. The number of carbonyl (C=O) groups excluding carboxylic acids is 1. The summed E-state index contributed by atoms with van der Waals surface area (Å²) in [6.07, 6.45) is 0. The topological polar surface area (TPSA) is 76.4 Å². The Hall–Kier alpha value is -3.71. The van der Waals surface area contributed by atoms with E-state index < -0.39 is 0 Å². The third-order valence-corrected chi connectivity index (χ3v) is 4.90. The molecular weight excluding hydrogens is 410 g/mol. The average Bonchev–Trinajstić information content (AvgIpc) is 3.22. The minimum absolute atomic E-state index is 0.105. The van der Waals surface area contributed by atoms with E-state index in [1.165, 1.54) is 0 Å². The monoisotopic (exact) mass is 431 g/mol. The minimum Gasteiger partial charge on any atom is -0.483 e. The highest BCUT2D eigenvalue weighted by Gasteiger charge is 2.09. The number of hydrogen-bond donors (Lipinski definition) is 2. The number of hydrogen-bond acceptors (Lipinski definition) is 5. The minimum atomic E-state index is -0.313. The molecule has 0 aliphatic rings. The molecule has 4 aromatic rings. The highest BCUT2D eigenvalue weighted by Crippen LogP contribution is 2.24. The van der Waals surface area contributed by atoms with Crippen LogP contribution >= 0.6 is 12.2 Å². The Morgan fingerprint density at radius 1 is 1.03 bits per heavy atom. The van der Waals surface area contributed by atoms with Crippen molar-refractivity contribution in [3.05, 3.63) is 83.9 Å². The molecule has 0 fully saturated rings. The van der Waals surface area contributed by atoms with Crippen molar-refractivity contribution in [3.8, 4) is 17.2 Å². The lowest BCUT2D eigenvalue weighted by Gasteiger charge is -2.11. The molecule has 156 valence electrons. The number of benzene rings is 3. The molecular formula is C24H21N3O3S. The van der Waals surface area contributed by atoms with E-state index in [9.17, 15) is 4.79 Å². The van der Waals surface area contributed by atoms with Crippen LogP contribution in [0.25, 0.3) is 22.6 Å². The third-order valence-electron chi connectivity index (χ3n) is 4.65. The normalized spacial score (nSPS) is 10.6. The zero-order chi connectivity index (χ0) is 21.6. The van der Waals surface area contributed by atoms with Crippen molar-refractivity contribution in [2.75, 3.05) is 6.61 Å². The van der Waals surface area contributed by atoms with Crippen molar-refractivity contribution < 1.29 is 13.9 Å². The number of ether oxygens (including phenoxy) is 1. The number of oxazole rings is 1. The van der Waals surface area contributed by atoms with Crippen LogP contribution in [0.4, 0.5) is 0 Å². The lowest BCUT2D eigenvalue weighted by Crippen LogP contribution is -2.41. The Balaban J connectivity index is 1.26. The van der Waals surface area contributed by atoms with Gasteiger partial charge in [-0.15, -0.1) is 0 Å². The molecule has 0 atom stereocenters. The first-order valence-corrected chi connectivity index (χ1v) is 10.2. The van der Waals surface area contributed by atoms with Crippen LogP contribution in [-0.4, -0.2) is 22.6 Å². The van der Waals surface area contributed by atoms with E-state index in [0.717, 1.165) is 27.8 Å². The average molecular weight is 432 g/mol. The number of fused-ring (bicyclic) bond motifs is 1. The fourth-order valence-corrected chi connectivity index (χ4v) is 3.20. The Labute approximate surface area is 185 Å². The maximum atomic E-state index is 12.0. The van der Waals surface area contributed by atoms with Gasteiger partial charge in [0.1, 0.15) is 11.3 Å². The van der Waals surface area contributed by atoms with Gasteiger partial charge >= 0.3 is 0 Å². The van der Waals surface area contributed by atoms with Gasteiger partial charge in [-0.05, 0) is 60.6 Å². The largest absolute Gasteiger partial charge is 0.483 e. The first-order chi connectivity index (χ1) is 15.1. The molecule has 0 saturated carbocycles. The van der Waals surface area contributed by atoms with Gasteiger partial charge in [0, 0.05) is 12.1 Å². The molecule has 2 N–H and O–H groups in total. The summed E-state index contributed by atoms with van der Waals surface area (Å²) < 4.78 is 11.3. The van der Waals surface area contributed by atoms with Crippen molar-refractivity contribution in [1.29, 1.82) is 0 Å². The summed E-state index contributed by atoms with van der Waals surface area (Å²) in [5.41, 5.74) is 4.46. The number of amides is 1. The number of para-hydroxylation sites is 3. The van der Waals surface area contributed by atoms with Crippen molar-refractivity contribution >= 4 is 34.3 Å². The molecule has 1 amide bonds. The smallest absolute Gasteiger partial charge is 0.264 e. The van der Waals surface area contributed by atoms with Crippen molar-refractivity contribution in [3.63, 3.8) is 0 Å². The van der Waals surface area contributed by atoms with E-state index >= 15 is 0 Å². The number of aryl methyl sites for hydroxylation is 1. The van der Waals surface area contributed by atoms with E-state index in [1.807, 2.05) is 79.7 Å². The highest BCUT2D eigenvalue weighted by atomic mass is 32.1. The predicted octanol–water partition coefficient (Wildman–Crippen LogP) is 4.37. The van der Waals surface area contributed by atoms with Gasteiger partial charge in [0.05, 0.1) is 0 Å². The third kappa shape index (κ3) is 5.26. The van der Waals surface area contributed by atoms with Crippen LogP contribution in [0.3, 0.4) is 0 Å². The number of nitrogens with zero attached hydrogens (tertiary/aromatic N) is 1. The number of thiocarbonyl (C=S) groups is 1. The fraction of sp³-hybridized carbons (Fsp3) is 0.125. The van der Waals surface area contributed by atoms with Gasteiger partial charge in [-0.2, -0.15) is 0 Å². The number of carbonyl (C=O) groups is 1. The second-order valence-corrected chi connectivity index (χ2v) is 7.38. The van der Waals surface area contributed by atoms with Crippen LogP contribution < -0.4 is 15.4 Å². The van der Waals surface area contributed by atoms with Gasteiger partial charge in [-0.1, -0.05) is 42.5 Å². The molecule has 0 saturated heterocycles. The number of nitrogens with one attached hydrogen (secondary N) is 2. The second kappa shape index (κ2) is 9.40. The van der Waals surface area contributed by atoms with Crippen molar-refractivity contribution in [1.82, 2.24) is 15.6 Å². The van der Waals surface area contributed by atoms with Crippen LogP contribution in [0.15, 0.2) is 77.2 Å². The summed E-state index contributed by atoms with van der Waals surface area (Å²) in [5.74, 6) is 0.944. The molecule has 0 bridgehead atoms. The SMILES string of the molecule is Cc1ccccc1OCC(=O)NC(=S)NCc1ccc(-c2nc3ccccc3o2)cc1. The second-order valence-electron chi connectivity index (χ2n) is 6.97. The van der Waals surface area contributed by atoms with Crippen LogP contribution in [0, 0.1) is 6.92 Å². The van der Waals surface area contributed by atoms with E-state index in [0.29, 0.717) is 18.2 Å². The fourth-order valence-electron chi connectivity index (χ4n) is 3.01. The molecule has 0 aliphatic carbocycles. The molecule has 0 aliphatic heterocycles. The van der Waals surface area contributed by atoms with E-state index in [-0.39, 0.29) is 17.6 Å². The lowest BCUT2D eigenvalue weighted by molar-refractivity contribution is -0.121. The maximum Gasteiger partial charge on any atom is 0.264 e. The van der Waals surface area contributed by atoms with Crippen LogP contribution in [-0.2, 0) is 11.3 Å². The molecule has 0 unspecified atom stereocenters. The van der Waals surface area contributed by atoms with Gasteiger partial charge in [0.25, 0.3) is 5.91 Å². The zero-order valence-corrected chi connectivity index (χ0v) is 17.7. The van der Waals surface area contributed by atoms with Crippen molar-refractivity contribution in [2.45, 2.75) is 13.5 Å². The molecule has 1 aromatic heterocycles. The summed E-state index contributed by atoms with van der Waals surface area (Å²) in [7, 11) is 0. The molecule has 3 aromatic carbocycles. The molecule has 6 nitrogen and oxygen atoms in total. The van der Waals surface area contributed by atoms with Crippen LogP contribution in [0.1, 0.15) is 11.1 Å². The van der Waals surface area contributed by atoms with Gasteiger partial charge < -0.3 is 19.8 Å². The first-order valence-electron chi connectivity index (χ1n) is 9.79. The summed E-state index contributed by atoms with van der Waals surface area (Å²) in [5, 5.41) is 5.90. The summed E-state index contributed by atoms with van der Waals surface area (Å²) in [6, 6.07) is 23.0. The Bertz CT molecular complexity index is 1190. The summed E-state index contributed by atoms with van der Waals surface area (Å²) in [4.78, 5) is 16.5. The summed E-state index contributed by atoms with van der Waals surface area (Å²) in [6.45, 7) is 2.30. The van der Waals surface area contributed by atoms with Crippen LogP contribution in [0.2, 0.25) is 0 Å². The Morgan fingerprint density at radius 3 is 2.55 bits per heavy atom. The molecule has 31 heavy (non-hydrogen) atoms. The highest BCUT2D eigenvalue weighted by molar-refractivity contribution is 7.80. The van der Waals surface area contributed by atoms with Gasteiger partial charge in [0.2, 0.25) is 5.89 Å². The number of aromatic nitrogens is 1. The maximum absolute atomic E-state index is 12.0. The van der Waals surface area contributed by atoms with Gasteiger partial charge in [0.15, 0.2) is 17.3 Å². The molecule has 0 radical (unpaired) electrons. The van der Waals surface area contributed by atoms with Crippen molar-refractivity contribution in [2.24, 2.45) is 0 Å². The molecule has 4 rings (SSSR count). The molecule has 1 heterocycles.